The molecule has 4 rings (SSSR count). The van der Waals surface area contributed by atoms with Crippen molar-refractivity contribution in [1.29, 1.82) is 0 Å². The number of nitrogens with zero attached hydrogens (tertiary/aromatic N) is 1. The highest BCUT2D eigenvalue weighted by Gasteiger charge is 2.19. The molecule has 2 heterocycles. The molecule has 33 heavy (non-hydrogen) atoms. The highest BCUT2D eigenvalue weighted by atomic mass is 32.2. The minimum absolute atomic E-state index is 0.135. The van der Waals surface area contributed by atoms with Crippen molar-refractivity contribution in [3.63, 3.8) is 0 Å². The van der Waals surface area contributed by atoms with Crippen LogP contribution in [0.3, 0.4) is 0 Å². The molecule has 1 N–H and O–H groups in total. The number of fused-ring (bicyclic) bond motifs is 1. The number of aliphatic hydroxyl groups excluding tert-OH is 1. The lowest BCUT2D eigenvalue weighted by atomic mass is 10.1. The van der Waals surface area contributed by atoms with Gasteiger partial charge in [0.2, 0.25) is 5.75 Å². The van der Waals surface area contributed by atoms with Crippen LogP contribution in [-0.2, 0) is 9.84 Å². The molecule has 0 radical (unpaired) electrons. The topological polar surface area (TPSA) is 108 Å². The van der Waals surface area contributed by atoms with Crippen molar-refractivity contribution in [1.82, 2.24) is 4.98 Å². The number of hydrogen-bond acceptors (Lipinski definition) is 8. The zero-order valence-corrected chi connectivity index (χ0v) is 19.2. The lowest BCUT2D eigenvalue weighted by Gasteiger charge is -2.13. The summed E-state index contributed by atoms with van der Waals surface area (Å²) in [6.45, 7) is -0.442. The van der Waals surface area contributed by atoms with E-state index in [1.807, 2.05) is 0 Å². The van der Waals surface area contributed by atoms with Crippen LogP contribution in [0.15, 0.2) is 64.0 Å². The van der Waals surface area contributed by atoms with Crippen molar-refractivity contribution in [2.75, 3.05) is 33.7 Å². The first-order chi connectivity index (χ1) is 15.9. The smallest absolute Gasteiger partial charge is 0.203 e. The van der Waals surface area contributed by atoms with E-state index < -0.39 is 16.4 Å². The Morgan fingerprint density at radius 1 is 0.939 bits per heavy atom. The fraction of sp³-hybridized carbons (Fsp3) is 0.208. The molecule has 9 heteroatoms. The van der Waals surface area contributed by atoms with Crippen LogP contribution in [0.1, 0.15) is 0 Å². The molecule has 0 unspecified atom stereocenters. The zero-order chi connectivity index (χ0) is 23.6. The Hall–Kier alpha value is -3.56. The van der Waals surface area contributed by atoms with Gasteiger partial charge in [0, 0.05) is 23.4 Å². The number of sulfone groups is 1. The molecular formula is C24H23NO7S. The Labute approximate surface area is 191 Å². The van der Waals surface area contributed by atoms with E-state index in [1.165, 1.54) is 27.4 Å². The molecule has 0 aliphatic rings. The van der Waals surface area contributed by atoms with Gasteiger partial charge in [-0.05, 0) is 35.9 Å². The van der Waals surface area contributed by atoms with Gasteiger partial charge in [-0.2, -0.15) is 0 Å². The molecule has 0 bridgehead atoms. The summed E-state index contributed by atoms with van der Waals surface area (Å²) in [5, 5.41) is 9.08. The van der Waals surface area contributed by atoms with Gasteiger partial charge < -0.3 is 23.7 Å². The summed E-state index contributed by atoms with van der Waals surface area (Å²) in [4.78, 5) is 4.54. The van der Waals surface area contributed by atoms with E-state index in [9.17, 15) is 8.42 Å². The molecule has 0 amide bonds. The van der Waals surface area contributed by atoms with Crippen molar-refractivity contribution < 1.29 is 32.2 Å². The summed E-state index contributed by atoms with van der Waals surface area (Å²) in [5.74, 6) is 1.64. The number of hydrogen-bond donors (Lipinski definition) is 1. The van der Waals surface area contributed by atoms with Crippen LogP contribution in [-0.4, -0.2) is 52.2 Å². The standard InChI is InChI=1S/C24H23NO7S/c1-29-21-12-16(13-22(30-2)24(21)31-3)20-14-19-23(32-20)18(7-8-25-19)15-5-4-6-17(11-15)33(27,28)10-9-26/h4-8,11-14,26H,9-10H2,1-3H3. The second-order valence-electron chi connectivity index (χ2n) is 7.17. The summed E-state index contributed by atoms with van der Waals surface area (Å²) in [5.41, 5.74) is 3.18. The van der Waals surface area contributed by atoms with E-state index in [2.05, 4.69) is 4.98 Å². The van der Waals surface area contributed by atoms with Gasteiger partial charge >= 0.3 is 0 Å². The van der Waals surface area contributed by atoms with Gasteiger partial charge in [0.1, 0.15) is 11.3 Å². The lowest BCUT2D eigenvalue weighted by Crippen LogP contribution is -2.09. The van der Waals surface area contributed by atoms with Crippen LogP contribution in [0.4, 0.5) is 0 Å². The lowest BCUT2D eigenvalue weighted by molar-refractivity contribution is 0.319. The number of furan rings is 1. The summed E-state index contributed by atoms with van der Waals surface area (Å²) < 4.78 is 47.3. The maximum Gasteiger partial charge on any atom is 0.203 e. The Balaban J connectivity index is 1.84. The molecular weight excluding hydrogens is 446 g/mol. The fourth-order valence-corrected chi connectivity index (χ4v) is 4.69. The van der Waals surface area contributed by atoms with E-state index in [1.54, 1.807) is 48.7 Å². The van der Waals surface area contributed by atoms with Crippen LogP contribution >= 0.6 is 0 Å². The van der Waals surface area contributed by atoms with Gasteiger partial charge in [-0.3, -0.25) is 4.98 Å². The van der Waals surface area contributed by atoms with Crippen LogP contribution in [0.5, 0.6) is 17.2 Å². The molecule has 172 valence electrons. The number of rotatable bonds is 8. The van der Waals surface area contributed by atoms with Crippen molar-refractivity contribution in [3.8, 4) is 39.7 Å². The first-order valence-corrected chi connectivity index (χ1v) is 11.7. The SMILES string of the molecule is COc1cc(-c2cc3nccc(-c4cccc(S(=O)(=O)CCO)c4)c3o2)cc(OC)c1OC. The van der Waals surface area contributed by atoms with Crippen molar-refractivity contribution in [2.45, 2.75) is 4.90 Å². The Morgan fingerprint density at radius 2 is 1.67 bits per heavy atom. The van der Waals surface area contributed by atoms with Crippen LogP contribution < -0.4 is 14.2 Å². The molecule has 0 atom stereocenters. The Bertz CT molecular complexity index is 1380. The summed E-state index contributed by atoms with van der Waals surface area (Å²) >= 11 is 0. The average molecular weight is 470 g/mol. The maximum absolute atomic E-state index is 12.4. The number of pyridine rings is 1. The molecule has 2 aromatic carbocycles. The van der Waals surface area contributed by atoms with Gasteiger partial charge in [-0.15, -0.1) is 0 Å². The molecule has 8 nitrogen and oxygen atoms in total. The zero-order valence-electron chi connectivity index (χ0n) is 18.4. The van der Waals surface area contributed by atoms with Gasteiger partial charge in [0.05, 0.1) is 38.6 Å². The molecule has 4 aromatic rings. The number of methoxy groups -OCH3 is 3. The number of aromatic nitrogens is 1. The molecule has 0 fully saturated rings. The van der Waals surface area contributed by atoms with Gasteiger partial charge in [-0.1, -0.05) is 12.1 Å². The largest absolute Gasteiger partial charge is 0.493 e. The Kier molecular flexibility index (Phi) is 6.26. The Morgan fingerprint density at radius 3 is 2.30 bits per heavy atom. The van der Waals surface area contributed by atoms with Gasteiger partial charge in [0.25, 0.3) is 0 Å². The van der Waals surface area contributed by atoms with Crippen LogP contribution in [0, 0.1) is 0 Å². The summed E-state index contributed by atoms with van der Waals surface area (Å²) in [6, 6.07) is 13.7. The second kappa shape index (κ2) is 9.13. The monoisotopic (exact) mass is 469 g/mol. The van der Waals surface area contributed by atoms with Gasteiger partial charge in [0.15, 0.2) is 26.9 Å². The minimum atomic E-state index is -3.59. The highest BCUT2D eigenvalue weighted by Crippen LogP contribution is 2.42. The van der Waals surface area contributed by atoms with Crippen LogP contribution in [0.25, 0.3) is 33.6 Å². The quantitative estimate of drug-likeness (QED) is 0.413. The maximum atomic E-state index is 12.4. The normalized spacial score (nSPS) is 11.5. The first-order valence-electron chi connectivity index (χ1n) is 10.0. The molecule has 0 spiro atoms. The summed E-state index contributed by atoms with van der Waals surface area (Å²) in [7, 11) is 1.02. The van der Waals surface area contributed by atoms with Crippen LogP contribution in [0.2, 0.25) is 0 Å². The van der Waals surface area contributed by atoms with Crippen molar-refractivity contribution in [3.05, 3.63) is 54.7 Å². The van der Waals surface area contributed by atoms with E-state index in [4.69, 9.17) is 23.7 Å². The number of aliphatic hydroxyl groups is 1. The molecule has 0 aliphatic carbocycles. The van der Waals surface area contributed by atoms with Crippen molar-refractivity contribution >= 4 is 20.9 Å². The predicted octanol–water partition coefficient (Wildman–Crippen LogP) is 3.95. The predicted molar refractivity (Wildman–Crippen MR) is 124 cm³/mol. The fourth-order valence-electron chi connectivity index (χ4n) is 3.63. The third-order valence-electron chi connectivity index (χ3n) is 5.23. The second-order valence-corrected chi connectivity index (χ2v) is 9.28. The molecule has 0 saturated carbocycles. The average Bonchev–Trinajstić information content (AvgIpc) is 3.27. The highest BCUT2D eigenvalue weighted by molar-refractivity contribution is 7.91. The van der Waals surface area contributed by atoms with E-state index >= 15 is 0 Å². The number of ether oxygens (including phenoxy) is 3. The minimum Gasteiger partial charge on any atom is -0.493 e. The molecule has 0 saturated heterocycles. The first kappa shape index (κ1) is 22.6. The third-order valence-corrected chi connectivity index (χ3v) is 6.92. The number of benzene rings is 2. The van der Waals surface area contributed by atoms with Crippen molar-refractivity contribution in [2.24, 2.45) is 0 Å². The van der Waals surface area contributed by atoms with E-state index in [0.717, 1.165) is 0 Å². The molecule has 2 aromatic heterocycles. The van der Waals surface area contributed by atoms with E-state index in [-0.39, 0.29) is 10.6 Å². The summed E-state index contributed by atoms with van der Waals surface area (Å²) in [6.07, 6.45) is 1.64. The molecule has 0 aliphatic heterocycles. The van der Waals surface area contributed by atoms with Gasteiger partial charge in [-0.25, -0.2) is 8.42 Å². The van der Waals surface area contributed by atoms with E-state index in [0.29, 0.717) is 50.8 Å². The third kappa shape index (κ3) is 4.24.